The van der Waals surface area contributed by atoms with Crippen molar-refractivity contribution in [1.29, 1.82) is 5.41 Å². The van der Waals surface area contributed by atoms with E-state index in [2.05, 4.69) is 25.6 Å². The molecule has 0 spiro atoms. The first-order valence-corrected chi connectivity index (χ1v) is 8.13. The molecule has 26 heavy (non-hydrogen) atoms. The van der Waals surface area contributed by atoms with Crippen molar-refractivity contribution in [2.24, 2.45) is 0 Å². The standard InChI is InChI=1S/C19H20N6O/c1-21-17-15(11-20)18(23-12-13-6-8-14(26-2)9-7-13)25-19(24-17)16-5-3-4-10-22-16/h3-11,20H,12H2,1-2H3,(H2,21,23,24,25). The minimum Gasteiger partial charge on any atom is -0.497 e. The lowest BCUT2D eigenvalue weighted by Gasteiger charge is -2.14. The second-order valence-corrected chi connectivity index (χ2v) is 5.47. The lowest BCUT2D eigenvalue weighted by atomic mass is 10.2. The maximum Gasteiger partial charge on any atom is 0.182 e. The highest BCUT2D eigenvalue weighted by Gasteiger charge is 2.14. The summed E-state index contributed by atoms with van der Waals surface area (Å²) in [6.07, 6.45) is 2.94. The molecule has 0 atom stereocenters. The van der Waals surface area contributed by atoms with Gasteiger partial charge in [0.05, 0.1) is 12.7 Å². The van der Waals surface area contributed by atoms with Gasteiger partial charge in [0.15, 0.2) is 5.82 Å². The smallest absolute Gasteiger partial charge is 0.182 e. The van der Waals surface area contributed by atoms with Crippen molar-refractivity contribution in [2.45, 2.75) is 6.54 Å². The van der Waals surface area contributed by atoms with Gasteiger partial charge >= 0.3 is 0 Å². The molecule has 0 aliphatic carbocycles. The Morgan fingerprint density at radius 3 is 2.46 bits per heavy atom. The van der Waals surface area contributed by atoms with Gasteiger partial charge in [0.25, 0.3) is 0 Å². The molecule has 2 aromatic heterocycles. The second kappa shape index (κ2) is 8.06. The van der Waals surface area contributed by atoms with Gasteiger partial charge in [-0.2, -0.15) is 0 Å². The third-order valence-electron chi connectivity index (χ3n) is 3.84. The molecule has 0 saturated heterocycles. The molecule has 7 heteroatoms. The third-order valence-corrected chi connectivity index (χ3v) is 3.84. The normalized spacial score (nSPS) is 10.2. The minimum atomic E-state index is 0.498. The van der Waals surface area contributed by atoms with Crippen LogP contribution in [0.4, 0.5) is 11.6 Å². The highest BCUT2D eigenvalue weighted by atomic mass is 16.5. The predicted molar refractivity (Wildman–Crippen MR) is 103 cm³/mol. The van der Waals surface area contributed by atoms with Crippen molar-refractivity contribution < 1.29 is 4.74 Å². The molecule has 0 unspecified atom stereocenters. The topological polar surface area (TPSA) is 95.8 Å². The van der Waals surface area contributed by atoms with E-state index in [1.54, 1.807) is 20.4 Å². The van der Waals surface area contributed by atoms with Crippen LogP contribution in [-0.4, -0.2) is 35.3 Å². The molecule has 1 aromatic carbocycles. The number of ether oxygens (including phenoxy) is 1. The Bertz CT molecular complexity index is 881. The van der Waals surface area contributed by atoms with Gasteiger partial charge in [-0.1, -0.05) is 18.2 Å². The van der Waals surface area contributed by atoms with Crippen LogP contribution in [0.25, 0.3) is 11.5 Å². The predicted octanol–water partition coefficient (Wildman–Crippen LogP) is 3.20. The van der Waals surface area contributed by atoms with E-state index in [1.165, 1.54) is 6.21 Å². The first kappa shape index (κ1) is 17.3. The Labute approximate surface area is 152 Å². The number of benzene rings is 1. The minimum absolute atomic E-state index is 0.498. The zero-order valence-corrected chi connectivity index (χ0v) is 14.7. The highest BCUT2D eigenvalue weighted by molar-refractivity contribution is 5.91. The van der Waals surface area contributed by atoms with Crippen LogP contribution < -0.4 is 15.4 Å². The number of hydrogen-bond donors (Lipinski definition) is 3. The number of anilines is 2. The number of methoxy groups -OCH3 is 1. The lowest BCUT2D eigenvalue weighted by Crippen LogP contribution is -2.10. The van der Waals surface area contributed by atoms with E-state index in [0.29, 0.717) is 35.3 Å². The van der Waals surface area contributed by atoms with Gasteiger partial charge in [0.2, 0.25) is 0 Å². The Hall–Kier alpha value is -3.48. The molecule has 0 radical (unpaired) electrons. The van der Waals surface area contributed by atoms with E-state index in [-0.39, 0.29) is 0 Å². The van der Waals surface area contributed by atoms with Crippen LogP contribution >= 0.6 is 0 Å². The summed E-state index contributed by atoms with van der Waals surface area (Å²) in [4.78, 5) is 13.4. The fourth-order valence-electron chi connectivity index (χ4n) is 2.47. The van der Waals surface area contributed by atoms with Gasteiger partial charge in [-0.3, -0.25) is 4.98 Å². The van der Waals surface area contributed by atoms with Crippen molar-refractivity contribution in [2.75, 3.05) is 24.8 Å². The van der Waals surface area contributed by atoms with Gasteiger partial charge in [-0.25, -0.2) is 9.97 Å². The number of hydrogen-bond acceptors (Lipinski definition) is 7. The largest absolute Gasteiger partial charge is 0.497 e. The molecule has 7 nitrogen and oxygen atoms in total. The Morgan fingerprint density at radius 1 is 1.08 bits per heavy atom. The number of aromatic nitrogens is 3. The Balaban J connectivity index is 1.91. The van der Waals surface area contributed by atoms with Gasteiger partial charge in [0, 0.05) is 26.0 Å². The van der Waals surface area contributed by atoms with Crippen molar-refractivity contribution in [3.63, 3.8) is 0 Å². The third kappa shape index (κ3) is 3.77. The zero-order valence-electron chi connectivity index (χ0n) is 14.7. The fraction of sp³-hybridized carbons (Fsp3) is 0.158. The van der Waals surface area contributed by atoms with E-state index in [1.807, 2.05) is 42.5 Å². The van der Waals surface area contributed by atoms with Gasteiger partial charge in [0.1, 0.15) is 23.1 Å². The Kier molecular flexibility index (Phi) is 5.38. The van der Waals surface area contributed by atoms with E-state index < -0.39 is 0 Å². The van der Waals surface area contributed by atoms with Gasteiger partial charge in [-0.15, -0.1) is 0 Å². The molecule has 0 aliphatic heterocycles. The summed E-state index contributed by atoms with van der Waals surface area (Å²) in [5.41, 5.74) is 2.35. The van der Waals surface area contributed by atoms with Crippen molar-refractivity contribution in [1.82, 2.24) is 15.0 Å². The van der Waals surface area contributed by atoms with E-state index >= 15 is 0 Å². The molecule has 0 aliphatic rings. The van der Waals surface area contributed by atoms with Gasteiger partial charge in [-0.05, 0) is 29.8 Å². The van der Waals surface area contributed by atoms with Crippen LogP contribution in [0.15, 0.2) is 48.7 Å². The van der Waals surface area contributed by atoms with Crippen molar-refractivity contribution >= 4 is 17.9 Å². The van der Waals surface area contributed by atoms with Crippen LogP contribution in [0.1, 0.15) is 11.1 Å². The molecule has 0 amide bonds. The molecular weight excluding hydrogens is 328 g/mol. The van der Waals surface area contributed by atoms with E-state index in [4.69, 9.17) is 10.1 Å². The van der Waals surface area contributed by atoms with Crippen LogP contribution in [0.3, 0.4) is 0 Å². The lowest BCUT2D eigenvalue weighted by molar-refractivity contribution is 0.414. The summed E-state index contributed by atoms with van der Waals surface area (Å²) < 4.78 is 5.18. The Morgan fingerprint density at radius 2 is 1.85 bits per heavy atom. The molecular formula is C19H20N6O. The average Bonchev–Trinajstić information content (AvgIpc) is 2.72. The number of pyridine rings is 1. The number of nitrogens with one attached hydrogen (secondary N) is 3. The number of nitrogens with zero attached hydrogens (tertiary/aromatic N) is 3. The maximum absolute atomic E-state index is 7.72. The fourth-order valence-corrected chi connectivity index (χ4v) is 2.47. The van der Waals surface area contributed by atoms with E-state index in [0.717, 1.165) is 11.3 Å². The molecule has 2 heterocycles. The molecule has 3 aromatic rings. The molecule has 3 N–H and O–H groups in total. The quantitative estimate of drug-likeness (QED) is 0.568. The first-order valence-electron chi connectivity index (χ1n) is 8.13. The van der Waals surface area contributed by atoms with Crippen molar-refractivity contribution in [3.8, 4) is 17.3 Å². The summed E-state index contributed by atoms with van der Waals surface area (Å²) in [6, 6.07) is 13.4. The molecule has 0 saturated carbocycles. The summed E-state index contributed by atoms with van der Waals surface area (Å²) in [5.74, 6) is 2.47. The number of rotatable bonds is 7. The first-order chi connectivity index (χ1) is 12.7. The van der Waals surface area contributed by atoms with Crippen molar-refractivity contribution in [3.05, 3.63) is 59.8 Å². The van der Waals surface area contributed by atoms with Crippen LogP contribution in [0, 0.1) is 5.41 Å². The van der Waals surface area contributed by atoms with Gasteiger partial charge < -0.3 is 20.8 Å². The summed E-state index contributed by atoms with van der Waals surface area (Å²) in [6.45, 7) is 0.562. The summed E-state index contributed by atoms with van der Waals surface area (Å²) in [7, 11) is 3.41. The molecule has 132 valence electrons. The average molecular weight is 348 g/mol. The maximum atomic E-state index is 7.72. The van der Waals surface area contributed by atoms with E-state index in [9.17, 15) is 0 Å². The summed E-state index contributed by atoms with van der Waals surface area (Å²) in [5, 5.41) is 14.0. The molecule has 0 bridgehead atoms. The highest BCUT2D eigenvalue weighted by Crippen LogP contribution is 2.24. The van der Waals surface area contributed by atoms with Crippen LogP contribution in [0.2, 0.25) is 0 Å². The molecule has 0 fully saturated rings. The summed E-state index contributed by atoms with van der Waals surface area (Å²) >= 11 is 0. The molecule has 3 rings (SSSR count). The zero-order chi connectivity index (χ0) is 18.4. The van der Waals surface area contributed by atoms with Crippen LogP contribution in [0.5, 0.6) is 5.75 Å². The second-order valence-electron chi connectivity index (χ2n) is 5.47. The SMILES string of the molecule is CNc1nc(-c2ccccn2)nc(NCc2ccc(OC)cc2)c1C=N. The monoisotopic (exact) mass is 348 g/mol. The van der Waals surface area contributed by atoms with Crippen LogP contribution in [-0.2, 0) is 6.54 Å².